The lowest BCUT2D eigenvalue weighted by atomic mass is 10.2. The van der Waals surface area contributed by atoms with E-state index >= 15 is 0 Å². The molecule has 2 rings (SSSR count). The van der Waals surface area contributed by atoms with E-state index in [1.165, 1.54) is 6.26 Å². The molecule has 0 saturated heterocycles. The van der Waals surface area contributed by atoms with Gasteiger partial charge in [-0.15, -0.1) is 0 Å². The molecule has 0 unspecified atom stereocenters. The Labute approximate surface area is 132 Å². The van der Waals surface area contributed by atoms with E-state index in [0.29, 0.717) is 17.0 Å². The summed E-state index contributed by atoms with van der Waals surface area (Å²) in [6.45, 7) is 0.547. The molecule has 0 saturated carbocycles. The number of hydrogen-bond acceptors (Lipinski definition) is 4. The Morgan fingerprint density at radius 3 is 2.43 bits per heavy atom. The first-order valence-electron chi connectivity index (χ1n) is 6.12. The fraction of sp³-hybridized carbons (Fsp3) is 0.133. The van der Waals surface area contributed by atoms with Gasteiger partial charge in [0.05, 0.1) is 16.5 Å². The minimum atomic E-state index is -3.16. The van der Waals surface area contributed by atoms with Crippen molar-refractivity contribution < 1.29 is 8.42 Å². The van der Waals surface area contributed by atoms with Crippen molar-refractivity contribution in [1.29, 1.82) is 5.26 Å². The first-order chi connectivity index (χ1) is 9.88. The number of nitrogens with zero attached hydrogens (tertiary/aromatic N) is 1. The molecular weight excluding hydrogens is 352 g/mol. The Bertz CT molecular complexity index is 793. The SMILES string of the molecule is CS(=O)(=O)c1ccc(CNc2cc(Br)cc(C#N)c2)cc1. The van der Waals surface area contributed by atoms with Crippen molar-refractivity contribution >= 4 is 31.5 Å². The lowest BCUT2D eigenvalue weighted by Crippen LogP contribution is -2.01. The molecule has 0 aliphatic heterocycles. The van der Waals surface area contributed by atoms with Crippen molar-refractivity contribution in [2.45, 2.75) is 11.4 Å². The number of sulfone groups is 1. The molecule has 0 aromatic heterocycles. The van der Waals surface area contributed by atoms with Crippen LogP contribution in [0.5, 0.6) is 0 Å². The van der Waals surface area contributed by atoms with Gasteiger partial charge in [-0.1, -0.05) is 28.1 Å². The molecule has 0 aliphatic carbocycles. The zero-order valence-corrected chi connectivity index (χ0v) is 13.7. The van der Waals surface area contributed by atoms with Gasteiger partial charge in [-0.25, -0.2) is 8.42 Å². The van der Waals surface area contributed by atoms with Crippen LogP contribution >= 0.6 is 15.9 Å². The number of anilines is 1. The van der Waals surface area contributed by atoms with Crippen LogP contribution in [0.4, 0.5) is 5.69 Å². The van der Waals surface area contributed by atoms with Crippen LogP contribution < -0.4 is 5.32 Å². The molecule has 2 aromatic rings. The first kappa shape index (κ1) is 15.5. The second-order valence-electron chi connectivity index (χ2n) is 4.61. The molecule has 0 aliphatic rings. The van der Waals surface area contributed by atoms with Crippen LogP contribution in [0.15, 0.2) is 51.8 Å². The molecule has 4 nitrogen and oxygen atoms in total. The number of halogens is 1. The van der Waals surface area contributed by atoms with Gasteiger partial charge in [-0.3, -0.25) is 0 Å². The van der Waals surface area contributed by atoms with Gasteiger partial charge < -0.3 is 5.32 Å². The Kier molecular flexibility index (Phi) is 4.66. The molecule has 2 aromatic carbocycles. The summed E-state index contributed by atoms with van der Waals surface area (Å²) < 4.78 is 23.6. The van der Waals surface area contributed by atoms with E-state index < -0.39 is 9.84 Å². The monoisotopic (exact) mass is 364 g/mol. The number of hydrogen-bond donors (Lipinski definition) is 1. The Morgan fingerprint density at radius 2 is 1.86 bits per heavy atom. The van der Waals surface area contributed by atoms with Crippen molar-refractivity contribution in [3.63, 3.8) is 0 Å². The minimum Gasteiger partial charge on any atom is -0.381 e. The molecule has 0 heterocycles. The Morgan fingerprint density at radius 1 is 1.19 bits per heavy atom. The highest BCUT2D eigenvalue weighted by Gasteiger charge is 2.06. The topological polar surface area (TPSA) is 70.0 Å². The second kappa shape index (κ2) is 6.29. The average molecular weight is 365 g/mol. The van der Waals surface area contributed by atoms with Crippen LogP contribution in [0.25, 0.3) is 0 Å². The maximum absolute atomic E-state index is 11.4. The zero-order valence-electron chi connectivity index (χ0n) is 11.3. The molecule has 108 valence electrons. The molecule has 0 spiro atoms. The van der Waals surface area contributed by atoms with Crippen molar-refractivity contribution in [2.75, 3.05) is 11.6 Å². The number of rotatable bonds is 4. The third-order valence-corrected chi connectivity index (χ3v) is 4.46. The number of benzene rings is 2. The summed E-state index contributed by atoms with van der Waals surface area (Å²) in [4.78, 5) is 0.306. The normalized spacial score (nSPS) is 10.9. The molecule has 0 bridgehead atoms. The van der Waals surface area contributed by atoms with Gasteiger partial charge in [-0.05, 0) is 35.9 Å². The van der Waals surface area contributed by atoms with Crippen molar-refractivity contribution in [3.8, 4) is 6.07 Å². The fourth-order valence-corrected chi connectivity index (χ4v) is 2.94. The molecule has 0 radical (unpaired) electrons. The van der Waals surface area contributed by atoms with E-state index in [2.05, 4.69) is 27.3 Å². The van der Waals surface area contributed by atoms with Crippen LogP contribution in [0, 0.1) is 11.3 Å². The number of nitriles is 1. The van der Waals surface area contributed by atoms with Crippen molar-refractivity contribution in [1.82, 2.24) is 0 Å². The standard InChI is InChI=1S/C15H13BrN2O2S/c1-21(19,20)15-4-2-11(3-5-15)10-18-14-7-12(9-17)6-13(16)8-14/h2-8,18H,10H2,1H3. The van der Waals surface area contributed by atoms with E-state index in [-0.39, 0.29) is 0 Å². The largest absolute Gasteiger partial charge is 0.381 e. The minimum absolute atomic E-state index is 0.306. The molecule has 0 amide bonds. The third-order valence-electron chi connectivity index (χ3n) is 2.88. The van der Waals surface area contributed by atoms with E-state index in [1.54, 1.807) is 36.4 Å². The third kappa shape index (κ3) is 4.31. The summed E-state index contributed by atoms with van der Waals surface area (Å²) in [6, 6.07) is 14.2. The van der Waals surface area contributed by atoms with E-state index in [1.807, 2.05) is 6.07 Å². The maximum atomic E-state index is 11.4. The lowest BCUT2D eigenvalue weighted by molar-refractivity contribution is 0.602. The van der Waals surface area contributed by atoms with Gasteiger partial charge in [0, 0.05) is 23.0 Å². The summed E-state index contributed by atoms with van der Waals surface area (Å²) in [7, 11) is -3.16. The highest BCUT2D eigenvalue weighted by Crippen LogP contribution is 2.20. The van der Waals surface area contributed by atoms with Crippen LogP contribution in [0.1, 0.15) is 11.1 Å². The molecule has 0 fully saturated rings. The smallest absolute Gasteiger partial charge is 0.175 e. The van der Waals surface area contributed by atoms with Crippen molar-refractivity contribution in [3.05, 3.63) is 58.1 Å². The van der Waals surface area contributed by atoms with Gasteiger partial charge in [0.25, 0.3) is 0 Å². The molecule has 0 atom stereocenters. The Balaban J connectivity index is 2.10. The summed E-state index contributed by atoms with van der Waals surface area (Å²) in [5.41, 5.74) is 2.35. The fourth-order valence-electron chi connectivity index (χ4n) is 1.81. The van der Waals surface area contributed by atoms with Gasteiger partial charge in [0.1, 0.15) is 0 Å². The maximum Gasteiger partial charge on any atom is 0.175 e. The van der Waals surface area contributed by atoms with E-state index in [0.717, 1.165) is 15.7 Å². The number of nitrogens with one attached hydrogen (secondary N) is 1. The van der Waals surface area contributed by atoms with Gasteiger partial charge in [-0.2, -0.15) is 5.26 Å². The van der Waals surface area contributed by atoms with Crippen molar-refractivity contribution in [2.24, 2.45) is 0 Å². The predicted octanol–water partition coefficient (Wildman–Crippen LogP) is 3.34. The quantitative estimate of drug-likeness (QED) is 0.902. The summed E-state index contributed by atoms with van der Waals surface area (Å²) in [6.07, 6.45) is 1.19. The summed E-state index contributed by atoms with van der Waals surface area (Å²) in [5, 5.41) is 12.1. The van der Waals surface area contributed by atoms with E-state index in [9.17, 15) is 8.42 Å². The molecule has 21 heavy (non-hydrogen) atoms. The highest BCUT2D eigenvalue weighted by atomic mass is 79.9. The van der Waals surface area contributed by atoms with Crippen LogP contribution in [-0.4, -0.2) is 14.7 Å². The van der Waals surface area contributed by atoms with Gasteiger partial charge in [0.15, 0.2) is 9.84 Å². The van der Waals surface area contributed by atoms with Crippen LogP contribution in [0.3, 0.4) is 0 Å². The highest BCUT2D eigenvalue weighted by molar-refractivity contribution is 9.10. The molecular formula is C15H13BrN2O2S. The van der Waals surface area contributed by atoms with Crippen LogP contribution in [-0.2, 0) is 16.4 Å². The zero-order chi connectivity index (χ0) is 15.5. The molecule has 6 heteroatoms. The Hall–Kier alpha value is -1.84. The lowest BCUT2D eigenvalue weighted by Gasteiger charge is -2.08. The summed E-state index contributed by atoms with van der Waals surface area (Å²) >= 11 is 3.35. The van der Waals surface area contributed by atoms with Crippen LogP contribution in [0.2, 0.25) is 0 Å². The summed E-state index contributed by atoms with van der Waals surface area (Å²) in [5.74, 6) is 0. The van der Waals surface area contributed by atoms with E-state index in [4.69, 9.17) is 5.26 Å². The first-order valence-corrected chi connectivity index (χ1v) is 8.80. The second-order valence-corrected chi connectivity index (χ2v) is 7.54. The van der Waals surface area contributed by atoms with Gasteiger partial charge >= 0.3 is 0 Å². The van der Waals surface area contributed by atoms with Gasteiger partial charge in [0.2, 0.25) is 0 Å². The predicted molar refractivity (Wildman–Crippen MR) is 85.7 cm³/mol. The average Bonchev–Trinajstić information content (AvgIpc) is 2.44. The molecule has 1 N–H and O–H groups in total.